The van der Waals surface area contributed by atoms with Crippen LogP contribution < -0.4 is 10.0 Å². The molecule has 4 aromatic rings. The Morgan fingerprint density at radius 1 is 0.882 bits per heavy atom. The van der Waals surface area contributed by atoms with E-state index in [1.807, 2.05) is 30.3 Å². The van der Waals surface area contributed by atoms with Gasteiger partial charge in [0.2, 0.25) is 11.8 Å². The van der Waals surface area contributed by atoms with Gasteiger partial charge in [-0.1, -0.05) is 60.3 Å². The topological polar surface area (TPSA) is 114 Å². The van der Waals surface area contributed by atoms with Crippen molar-refractivity contribution >= 4 is 33.4 Å². The molecule has 0 aliphatic carbocycles. The molecule has 1 heterocycles. The molecule has 1 amide bonds. The van der Waals surface area contributed by atoms with Crippen molar-refractivity contribution in [1.82, 2.24) is 15.5 Å². The average Bonchev–Trinajstić information content (AvgIpc) is 3.33. The molecule has 8 nitrogen and oxygen atoms in total. The first kappa shape index (κ1) is 23.5. The first-order valence-corrected chi connectivity index (χ1v) is 12.9. The van der Waals surface area contributed by atoms with E-state index in [1.54, 1.807) is 42.5 Å². The molecular weight excluding hydrogens is 472 g/mol. The molecule has 0 aliphatic heterocycles. The van der Waals surface area contributed by atoms with Gasteiger partial charge in [0, 0.05) is 17.8 Å². The smallest absolute Gasteiger partial charge is 0.277 e. The Morgan fingerprint density at radius 3 is 2.26 bits per heavy atom. The summed E-state index contributed by atoms with van der Waals surface area (Å²) in [5, 5.41) is 11.1. The van der Waals surface area contributed by atoms with E-state index in [1.165, 1.54) is 12.1 Å². The third-order valence-corrected chi connectivity index (χ3v) is 6.97. The van der Waals surface area contributed by atoms with Crippen molar-refractivity contribution in [3.63, 3.8) is 0 Å². The van der Waals surface area contributed by atoms with E-state index >= 15 is 0 Å². The zero-order valence-electron chi connectivity index (χ0n) is 18.0. The lowest BCUT2D eigenvalue weighted by atomic mass is 10.1. The molecule has 3 aromatic carbocycles. The fraction of sp³-hybridized carbons (Fsp3) is 0.125. The van der Waals surface area contributed by atoms with Crippen LogP contribution in [0.3, 0.4) is 0 Å². The van der Waals surface area contributed by atoms with Gasteiger partial charge in [-0.3, -0.25) is 9.52 Å². The highest BCUT2D eigenvalue weighted by Crippen LogP contribution is 2.25. The molecular formula is C24H22N4O4S2. The number of amides is 1. The SMILES string of the molecule is O=C(CSc1nnc(-c2ccc(NS(=O)(=O)c3ccccc3)cc2)o1)NCCc1ccccc1. The largest absolute Gasteiger partial charge is 0.411 e. The predicted molar refractivity (Wildman–Crippen MR) is 131 cm³/mol. The third kappa shape index (κ3) is 6.46. The van der Waals surface area contributed by atoms with Crippen LogP contribution in [0.25, 0.3) is 11.5 Å². The number of nitrogens with one attached hydrogen (secondary N) is 2. The maximum absolute atomic E-state index is 12.4. The highest BCUT2D eigenvalue weighted by molar-refractivity contribution is 7.99. The van der Waals surface area contributed by atoms with Crippen LogP contribution in [-0.4, -0.2) is 36.8 Å². The summed E-state index contributed by atoms with van der Waals surface area (Å²) in [6.07, 6.45) is 0.763. The second-order valence-corrected chi connectivity index (χ2v) is 9.85. The molecule has 0 atom stereocenters. The number of hydrogen-bond acceptors (Lipinski definition) is 7. The molecule has 0 saturated heterocycles. The van der Waals surface area contributed by atoms with Crippen LogP contribution in [0, 0.1) is 0 Å². The number of benzene rings is 3. The minimum Gasteiger partial charge on any atom is -0.411 e. The molecule has 10 heteroatoms. The first-order valence-electron chi connectivity index (χ1n) is 10.4. The second kappa shape index (κ2) is 11.0. The molecule has 0 fully saturated rings. The fourth-order valence-electron chi connectivity index (χ4n) is 3.05. The summed E-state index contributed by atoms with van der Waals surface area (Å²) in [5.41, 5.74) is 2.21. The van der Waals surface area contributed by atoms with Crippen LogP contribution in [0.5, 0.6) is 0 Å². The number of nitrogens with zero attached hydrogens (tertiary/aromatic N) is 2. The van der Waals surface area contributed by atoms with E-state index in [0.29, 0.717) is 17.8 Å². The molecule has 174 valence electrons. The quantitative estimate of drug-likeness (QED) is 0.320. The van der Waals surface area contributed by atoms with Gasteiger partial charge in [-0.05, 0) is 48.4 Å². The normalized spacial score (nSPS) is 11.2. The minimum absolute atomic E-state index is 0.115. The Hall–Kier alpha value is -3.63. The lowest BCUT2D eigenvalue weighted by Crippen LogP contribution is -2.27. The zero-order valence-corrected chi connectivity index (χ0v) is 19.7. The number of thioether (sulfide) groups is 1. The van der Waals surface area contributed by atoms with Crippen molar-refractivity contribution in [2.45, 2.75) is 16.5 Å². The van der Waals surface area contributed by atoms with Crippen molar-refractivity contribution in [3.05, 3.63) is 90.5 Å². The van der Waals surface area contributed by atoms with Crippen LogP contribution in [-0.2, 0) is 21.2 Å². The summed E-state index contributed by atoms with van der Waals surface area (Å²) in [6.45, 7) is 0.554. The molecule has 0 bridgehead atoms. The number of carbonyl (C=O) groups excluding carboxylic acids is 1. The predicted octanol–water partition coefficient (Wildman–Crippen LogP) is 3.99. The van der Waals surface area contributed by atoms with E-state index in [-0.39, 0.29) is 27.7 Å². The third-order valence-electron chi connectivity index (χ3n) is 4.75. The second-order valence-electron chi connectivity index (χ2n) is 7.24. The molecule has 0 aliphatic rings. The average molecular weight is 495 g/mol. The fourth-order valence-corrected chi connectivity index (χ4v) is 4.72. The van der Waals surface area contributed by atoms with E-state index in [4.69, 9.17) is 4.42 Å². The van der Waals surface area contributed by atoms with Crippen molar-refractivity contribution in [1.29, 1.82) is 0 Å². The molecule has 1 aromatic heterocycles. The number of rotatable bonds is 10. The van der Waals surface area contributed by atoms with E-state index in [9.17, 15) is 13.2 Å². The number of hydrogen-bond donors (Lipinski definition) is 2. The van der Waals surface area contributed by atoms with E-state index < -0.39 is 10.0 Å². The summed E-state index contributed by atoms with van der Waals surface area (Å²) in [6, 6.07) is 24.7. The first-order chi connectivity index (χ1) is 16.5. The maximum Gasteiger partial charge on any atom is 0.277 e. The molecule has 0 unspecified atom stereocenters. The van der Waals surface area contributed by atoms with Crippen molar-refractivity contribution in [2.75, 3.05) is 17.0 Å². The van der Waals surface area contributed by atoms with Crippen LogP contribution >= 0.6 is 11.8 Å². The summed E-state index contributed by atoms with van der Waals surface area (Å²) in [7, 11) is -3.67. The Bertz CT molecular complexity index is 1330. The van der Waals surface area contributed by atoms with Gasteiger partial charge in [0.05, 0.1) is 10.6 Å². The minimum atomic E-state index is -3.67. The van der Waals surface area contributed by atoms with Crippen molar-refractivity contribution in [2.24, 2.45) is 0 Å². The van der Waals surface area contributed by atoms with Gasteiger partial charge in [0.15, 0.2) is 0 Å². The monoisotopic (exact) mass is 494 g/mol. The van der Waals surface area contributed by atoms with E-state index in [0.717, 1.165) is 23.7 Å². The van der Waals surface area contributed by atoms with Crippen LogP contribution in [0.2, 0.25) is 0 Å². The van der Waals surface area contributed by atoms with Gasteiger partial charge in [-0.25, -0.2) is 8.42 Å². The molecule has 0 saturated carbocycles. The summed E-state index contributed by atoms with van der Waals surface area (Å²) in [4.78, 5) is 12.2. The lowest BCUT2D eigenvalue weighted by Gasteiger charge is -2.08. The van der Waals surface area contributed by atoms with Gasteiger partial charge in [0.1, 0.15) is 0 Å². The molecule has 2 N–H and O–H groups in total. The molecule has 0 radical (unpaired) electrons. The zero-order chi connectivity index (χ0) is 23.8. The van der Waals surface area contributed by atoms with Crippen molar-refractivity contribution < 1.29 is 17.6 Å². The van der Waals surface area contributed by atoms with Crippen LogP contribution in [0.4, 0.5) is 5.69 Å². The van der Waals surface area contributed by atoms with E-state index in [2.05, 4.69) is 20.2 Å². The number of sulfonamides is 1. The molecule has 4 rings (SSSR count). The number of anilines is 1. The maximum atomic E-state index is 12.4. The van der Waals surface area contributed by atoms with Crippen LogP contribution in [0.15, 0.2) is 99.5 Å². The van der Waals surface area contributed by atoms with Gasteiger partial charge in [-0.2, -0.15) is 0 Å². The Kier molecular flexibility index (Phi) is 7.61. The Balaban J connectivity index is 1.27. The number of aromatic nitrogens is 2. The van der Waals surface area contributed by atoms with Crippen molar-refractivity contribution in [3.8, 4) is 11.5 Å². The van der Waals surface area contributed by atoms with Crippen LogP contribution in [0.1, 0.15) is 5.56 Å². The van der Waals surface area contributed by atoms with Gasteiger partial charge < -0.3 is 9.73 Å². The molecule has 34 heavy (non-hydrogen) atoms. The number of carbonyl (C=O) groups is 1. The lowest BCUT2D eigenvalue weighted by molar-refractivity contribution is -0.118. The van der Waals surface area contributed by atoms with Gasteiger partial charge in [0.25, 0.3) is 15.2 Å². The van der Waals surface area contributed by atoms with Gasteiger partial charge in [-0.15, -0.1) is 10.2 Å². The highest BCUT2D eigenvalue weighted by atomic mass is 32.2. The Labute approximate surface area is 201 Å². The summed E-state index contributed by atoms with van der Waals surface area (Å²) < 4.78 is 33.0. The van der Waals surface area contributed by atoms with Gasteiger partial charge >= 0.3 is 0 Å². The molecule has 0 spiro atoms. The summed E-state index contributed by atoms with van der Waals surface area (Å²) >= 11 is 1.15. The summed E-state index contributed by atoms with van der Waals surface area (Å²) in [5.74, 6) is 0.330. The standard InChI is InChI=1S/C24H22N4O4S2/c29-22(25-16-15-18-7-3-1-4-8-18)17-33-24-27-26-23(32-24)19-11-13-20(14-12-19)28-34(30,31)21-9-5-2-6-10-21/h1-14,28H,15-17H2,(H,25,29). The Morgan fingerprint density at radius 2 is 1.56 bits per heavy atom. The highest BCUT2D eigenvalue weighted by Gasteiger charge is 2.15.